The first kappa shape index (κ1) is 11.5. The Bertz CT molecular complexity index is 396. The van der Waals surface area contributed by atoms with Crippen LogP contribution in [0.5, 0.6) is 0 Å². The molecule has 0 radical (unpaired) electrons. The molecule has 1 aromatic rings. The molecule has 0 spiro atoms. The zero-order valence-electron chi connectivity index (χ0n) is 9.53. The Labute approximate surface area is 98.9 Å². The van der Waals surface area contributed by atoms with Crippen LogP contribution in [0.25, 0.3) is 0 Å². The molecule has 0 saturated carbocycles. The Balaban J connectivity index is 1.98. The van der Waals surface area contributed by atoms with Gasteiger partial charge in [-0.3, -0.25) is 4.21 Å². The first-order chi connectivity index (χ1) is 7.65. The van der Waals surface area contributed by atoms with E-state index in [-0.39, 0.29) is 0 Å². The summed E-state index contributed by atoms with van der Waals surface area (Å²) in [5.41, 5.74) is 8.86. The van der Waals surface area contributed by atoms with Gasteiger partial charge in [0, 0.05) is 39.7 Å². The highest BCUT2D eigenvalue weighted by Crippen LogP contribution is 2.20. The highest BCUT2D eigenvalue weighted by atomic mass is 32.2. The highest BCUT2D eigenvalue weighted by molar-refractivity contribution is 7.85. The van der Waals surface area contributed by atoms with E-state index in [1.807, 2.05) is 19.1 Å². The van der Waals surface area contributed by atoms with Gasteiger partial charge < -0.3 is 11.1 Å². The molecule has 0 amide bonds. The fraction of sp³-hybridized carbons (Fsp3) is 0.500. The van der Waals surface area contributed by atoms with E-state index in [0.29, 0.717) is 6.04 Å². The minimum Gasteiger partial charge on any atom is -0.398 e. The number of hydrogen-bond acceptors (Lipinski definition) is 3. The Morgan fingerprint density at radius 1 is 1.38 bits per heavy atom. The number of nitrogens with two attached hydrogens (primary N) is 1. The number of rotatable bonds is 2. The van der Waals surface area contributed by atoms with E-state index < -0.39 is 10.8 Å². The van der Waals surface area contributed by atoms with Gasteiger partial charge in [-0.05, 0) is 37.5 Å². The molecule has 1 fully saturated rings. The zero-order valence-corrected chi connectivity index (χ0v) is 10.3. The van der Waals surface area contributed by atoms with Gasteiger partial charge in [0.05, 0.1) is 0 Å². The van der Waals surface area contributed by atoms with Crippen LogP contribution in [-0.4, -0.2) is 21.8 Å². The largest absolute Gasteiger partial charge is 0.398 e. The number of hydrogen-bond donors (Lipinski definition) is 2. The van der Waals surface area contributed by atoms with Crippen LogP contribution in [0.4, 0.5) is 11.4 Å². The summed E-state index contributed by atoms with van der Waals surface area (Å²) < 4.78 is 11.2. The van der Waals surface area contributed by atoms with Crippen molar-refractivity contribution in [2.45, 2.75) is 25.8 Å². The molecule has 0 aliphatic carbocycles. The Morgan fingerprint density at radius 2 is 2.06 bits per heavy atom. The van der Waals surface area contributed by atoms with E-state index in [1.165, 1.54) is 0 Å². The quantitative estimate of drug-likeness (QED) is 0.774. The molecule has 1 heterocycles. The first-order valence-electron chi connectivity index (χ1n) is 5.63. The lowest BCUT2D eigenvalue weighted by molar-refractivity contribution is 0.624. The summed E-state index contributed by atoms with van der Waals surface area (Å²) in [6.45, 7) is 2.00. The monoisotopic (exact) mass is 238 g/mol. The molecule has 3 N–H and O–H groups in total. The molecular weight excluding hydrogens is 220 g/mol. The van der Waals surface area contributed by atoms with Gasteiger partial charge in [-0.1, -0.05) is 6.07 Å². The van der Waals surface area contributed by atoms with Gasteiger partial charge in [0.1, 0.15) is 0 Å². The molecule has 1 aliphatic heterocycles. The third kappa shape index (κ3) is 2.76. The third-order valence-electron chi connectivity index (χ3n) is 3.04. The molecule has 88 valence electrons. The average Bonchev–Trinajstić information content (AvgIpc) is 2.27. The second-order valence-corrected chi connectivity index (χ2v) is 6.03. The fourth-order valence-corrected chi connectivity index (χ4v) is 3.20. The Kier molecular flexibility index (Phi) is 3.49. The van der Waals surface area contributed by atoms with Crippen LogP contribution >= 0.6 is 0 Å². The summed E-state index contributed by atoms with van der Waals surface area (Å²) in [6, 6.07) is 6.50. The SMILES string of the molecule is Cc1ccc(NC2CCS(=O)CC2)cc1N. The average molecular weight is 238 g/mol. The summed E-state index contributed by atoms with van der Waals surface area (Å²) >= 11 is 0. The van der Waals surface area contributed by atoms with Crippen molar-refractivity contribution in [3.8, 4) is 0 Å². The Hall–Kier alpha value is -1.03. The van der Waals surface area contributed by atoms with E-state index in [0.717, 1.165) is 41.3 Å². The van der Waals surface area contributed by atoms with Crippen LogP contribution in [0.2, 0.25) is 0 Å². The van der Waals surface area contributed by atoms with E-state index >= 15 is 0 Å². The summed E-state index contributed by atoms with van der Waals surface area (Å²) in [7, 11) is -0.592. The minimum atomic E-state index is -0.592. The molecule has 3 nitrogen and oxygen atoms in total. The smallest absolute Gasteiger partial charge is 0.0364 e. The lowest BCUT2D eigenvalue weighted by atomic mass is 10.1. The van der Waals surface area contributed by atoms with Crippen molar-refractivity contribution in [1.82, 2.24) is 0 Å². The van der Waals surface area contributed by atoms with Crippen molar-refractivity contribution < 1.29 is 4.21 Å². The maximum Gasteiger partial charge on any atom is 0.0364 e. The second-order valence-electron chi connectivity index (χ2n) is 4.34. The van der Waals surface area contributed by atoms with Gasteiger partial charge in [0.25, 0.3) is 0 Å². The van der Waals surface area contributed by atoms with Crippen LogP contribution in [0.15, 0.2) is 18.2 Å². The molecule has 0 aromatic heterocycles. The van der Waals surface area contributed by atoms with Gasteiger partial charge in [-0.15, -0.1) is 0 Å². The number of benzene rings is 1. The molecule has 2 rings (SSSR count). The van der Waals surface area contributed by atoms with Crippen molar-refractivity contribution in [3.63, 3.8) is 0 Å². The topological polar surface area (TPSA) is 55.1 Å². The number of nitrogen functional groups attached to an aromatic ring is 1. The van der Waals surface area contributed by atoms with E-state index in [9.17, 15) is 4.21 Å². The van der Waals surface area contributed by atoms with Crippen LogP contribution in [0.3, 0.4) is 0 Å². The van der Waals surface area contributed by atoms with Gasteiger partial charge in [0.15, 0.2) is 0 Å². The lowest BCUT2D eigenvalue weighted by Crippen LogP contribution is -2.29. The van der Waals surface area contributed by atoms with Crippen LogP contribution in [-0.2, 0) is 10.8 Å². The summed E-state index contributed by atoms with van der Waals surface area (Å²) in [5, 5.41) is 3.46. The van der Waals surface area contributed by atoms with Gasteiger partial charge in [0.2, 0.25) is 0 Å². The van der Waals surface area contributed by atoms with Crippen molar-refractivity contribution >= 4 is 22.2 Å². The number of aryl methyl sites for hydroxylation is 1. The Morgan fingerprint density at radius 3 is 2.69 bits per heavy atom. The normalized spacial score (nSPS) is 25.3. The van der Waals surface area contributed by atoms with Gasteiger partial charge in [-0.2, -0.15) is 0 Å². The minimum absolute atomic E-state index is 0.444. The van der Waals surface area contributed by atoms with Crippen molar-refractivity contribution in [3.05, 3.63) is 23.8 Å². The van der Waals surface area contributed by atoms with E-state index in [2.05, 4.69) is 11.4 Å². The molecule has 0 unspecified atom stereocenters. The molecule has 16 heavy (non-hydrogen) atoms. The van der Waals surface area contributed by atoms with Gasteiger partial charge >= 0.3 is 0 Å². The van der Waals surface area contributed by atoms with Gasteiger partial charge in [-0.25, -0.2) is 0 Å². The van der Waals surface area contributed by atoms with Crippen LogP contribution in [0.1, 0.15) is 18.4 Å². The predicted molar refractivity (Wildman–Crippen MR) is 70.1 cm³/mol. The number of anilines is 2. The number of nitrogens with one attached hydrogen (secondary N) is 1. The summed E-state index contributed by atoms with van der Waals surface area (Å²) in [4.78, 5) is 0. The summed E-state index contributed by atoms with van der Waals surface area (Å²) in [5.74, 6) is 1.64. The van der Waals surface area contributed by atoms with Crippen LogP contribution in [0, 0.1) is 6.92 Å². The van der Waals surface area contributed by atoms with Crippen LogP contribution < -0.4 is 11.1 Å². The maximum absolute atomic E-state index is 11.2. The fourth-order valence-electron chi connectivity index (χ4n) is 1.90. The molecular formula is C12H18N2OS. The van der Waals surface area contributed by atoms with Crippen molar-refractivity contribution in [2.24, 2.45) is 0 Å². The molecule has 0 bridgehead atoms. The maximum atomic E-state index is 11.2. The molecule has 1 aliphatic rings. The van der Waals surface area contributed by atoms with E-state index in [4.69, 9.17) is 5.73 Å². The van der Waals surface area contributed by atoms with Crippen molar-refractivity contribution in [2.75, 3.05) is 22.6 Å². The first-order valence-corrected chi connectivity index (χ1v) is 7.11. The predicted octanol–water partition coefficient (Wildman–Crippen LogP) is 1.90. The van der Waals surface area contributed by atoms with E-state index in [1.54, 1.807) is 0 Å². The molecule has 4 heteroatoms. The zero-order chi connectivity index (χ0) is 11.5. The van der Waals surface area contributed by atoms with Crippen molar-refractivity contribution in [1.29, 1.82) is 0 Å². The molecule has 1 aromatic carbocycles. The lowest BCUT2D eigenvalue weighted by Gasteiger charge is -2.23. The highest BCUT2D eigenvalue weighted by Gasteiger charge is 2.17. The second kappa shape index (κ2) is 4.87. The summed E-state index contributed by atoms with van der Waals surface area (Å²) in [6.07, 6.45) is 1.97. The third-order valence-corrected chi connectivity index (χ3v) is 4.42. The molecule has 1 saturated heterocycles. The molecule has 0 atom stereocenters. The standard InChI is InChI=1S/C12H18N2OS/c1-9-2-3-11(8-12(9)13)14-10-4-6-16(15)7-5-10/h2-3,8,10,14H,4-7,13H2,1H3.